The van der Waals surface area contributed by atoms with Gasteiger partial charge in [-0.15, -0.1) is 0 Å². The molecule has 5 aliphatic rings. The minimum atomic E-state index is -0.696. The van der Waals surface area contributed by atoms with E-state index in [1.54, 1.807) is 0 Å². The number of aliphatic carboxylic acids is 1. The van der Waals surface area contributed by atoms with Gasteiger partial charge in [-0.2, -0.15) is 0 Å². The molecular weight excluding hydrogens is 304 g/mol. The van der Waals surface area contributed by atoms with Gasteiger partial charge >= 0.3 is 5.97 Å². The second-order valence-electron chi connectivity index (χ2n) is 10.2. The lowest BCUT2D eigenvalue weighted by Crippen LogP contribution is -2.64. The maximum Gasteiger partial charge on any atom is 0.309 e. The second-order valence-corrected chi connectivity index (χ2v) is 10.2. The van der Waals surface area contributed by atoms with Crippen molar-refractivity contribution in [1.82, 2.24) is 0 Å². The Hall–Kier alpha value is -0.610. The number of aliphatic hydroxyl groups is 1. The van der Waals surface area contributed by atoms with Gasteiger partial charge in [0, 0.05) is 5.41 Å². The Labute approximate surface area is 144 Å². The lowest BCUT2D eigenvalue weighted by Gasteiger charge is -2.65. The van der Waals surface area contributed by atoms with Gasteiger partial charge in [-0.05, 0) is 75.5 Å². The van der Waals surface area contributed by atoms with E-state index in [0.717, 1.165) is 32.1 Å². The number of fused-ring (bicyclic) bond motifs is 5. The average molecular weight is 334 g/mol. The molecule has 5 fully saturated rings. The van der Waals surface area contributed by atoms with Gasteiger partial charge in [0.1, 0.15) is 0 Å². The number of hydrogen-bond acceptors (Lipinski definition) is 3. The molecule has 2 bridgehead atoms. The fourth-order valence-corrected chi connectivity index (χ4v) is 8.30. The summed E-state index contributed by atoms with van der Waals surface area (Å²) in [7, 11) is 0. The molecule has 1 aliphatic heterocycles. The third-order valence-electron chi connectivity index (χ3n) is 9.53. The lowest BCUT2D eigenvalue weighted by atomic mass is 9.40. The number of ether oxygens (including phenoxy) is 1. The molecule has 4 nitrogen and oxygen atoms in total. The van der Waals surface area contributed by atoms with Gasteiger partial charge < -0.3 is 14.9 Å². The van der Waals surface area contributed by atoms with E-state index in [9.17, 15) is 15.0 Å². The fourth-order valence-electron chi connectivity index (χ4n) is 8.30. The van der Waals surface area contributed by atoms with E-state index in [4.69, 9.17) is 4.74 Å². The van der Waals surface area contributed by atoms with Gasteiger partial charge in [-0.1, -0.05) is 13.3 Å². The SMILES string of the molecule is C[C@@]12CCC[C@@](C)(C(=O)O)[C@H]1C[C@@H](O)[C@@]13C[C@H](CC[C@@H]21)[C@]1(C)O[C@@H]13. The van der Waals surface area contributed by atoms with Crippen LogP contribution in [0.5, 0.6) is 0 Å². The van der Waals surface area contributed by atoms with Crippen LogP contribution in [0.15, 0.2) is 0 Å². The maximum atomic E-state index is 12.1. The summed E-state index contributed by atoms with van der Waals surface area (Å²) < 4.78 is 6.19. The van der Waals surface area contributed by atoms with Crippen molar-refractivity contribution in [2.24, 2.45) is 34.0 Å². The van der Waals surface area contributed by atoms with Crippen molar-refractivity contribution in [3.63, 3.8) is 0 Å². The van der Waals surface area contributed by atoms with E-state index >= 15 is 0 Å². The van der Waals surface area contributed by atoms with E-state index in [1.165, 1.54) is 6.42 Å². The highest BCUT2D eigenvalue weighted by atomic mass is 16.6. The molecule has 1 heterocycles. The van der Waals surface area contributed by atoms with Crippen LogP contribution >= 0.6 is 0 Å². The molecule has 1 spiro atoms. The molecule has 9 atom stereocenters. The zero-order valence-electron chi connectivity index (χ0n) is 15.0. The number of epoxide rings is 1. The molecule has 2 N–H and O–H groups in total. The van der Waals surface area contributed by atoms with Crippen molar-refractivity contribution in [3.05, 3.63) is 0 Å². The summed E-state index contributed by atoms with van der Waals surface area (Å²) in [4.78, 5) is 12.1. The van der Waals surface area contributed by atoms with Crippen LogP contribution in [0, 0.1) is 34.0 Å². The van der Waals surface area contributed by atoms with Crippen molar-refractivity contribution in [2.75, 3.05) is 0 Å². The molecule has 0 aromatic heterocycles. The Morgan fingerprint density at radius 2 is 1.88 bits per heavy atom. The molecule has 4 saturated carbocycles. The molecule has 5 rings (SSSR count). The van der Waals surface area contributed by atoms with Crippen LogP contribution in [0.1, 0.15) is 65.7 Å². The van der Waals surface area contributed by atoms with E-state index < -0.39 is 17.5 Å². The minimum Gasteiger partial charge on any atom is -0.481 e. The van der Waals surface area contributed by atoms with Gasteiger partial charge in [0.15, 0.2) is 0 Å². The molecule has 134 valence electrons. The Morgan fingerprint density at radius 3 is 2.58 bits per heavy atom. The van der Waals surface area contributed by atoms with Crippen molar-refractivity contribution < 1.29 is 19.7 Å². The first-order valence-electron chi connectivity index (χ1n) is 9.79. The molecule has 0 aromatic carbocycles. The van der Waals surface area contributed by atoms with Crippen molar-refractivity contribution in [1.29, 1.82) is 0 Å². The number of aliphatic hydroxyl groups excluding tert-OH is 1. The Morgan fingerprint density at radius 1 is 1.12 bits per heavy atom. The molecule has 4 heteroatoms. The molecule has 0 aromatic rings. The highest BCUT2D eigenvalue weighted by Crippen LogP contribution is 2.77. The Balaban J connectivity index is 1.62. The standard InChI is InChI=1S/C20H30O4/c1-17-7-4-8-18(2,16(22)23)13(17)9-14(21)20-10-11(5-6-12(17)20)19(3)15(20)24-19/h11-15,21H,4-10H2,1-3H3,(H,22,23)/t11-,12-,13-,14+,15-,17-,18+,19-,20+/m0/s1. The number of carboxylic acids is 1. The van der Waals surface area contributed by atoms with Crippen LogP contribution in [-0.2, 0) is 9.53 Å². The van der Waals surface area contributed by atoms with Crippen LogP contribution in [-0.4, -0.2) is 34.0 Å². The first-order valence-corrected chi connectivity index (χ1v) is 9.79. The van der Waals surface area contributed by atoms with Crippen LogP contribution in [0.2, 0.25) is 0 Å². The third kappa shape index (κ3) is 1.45. The van der Waals surface area contributed by atoms with Crippen molar-refractivity contribution in [3.8, 4) is 0 Å². The van der Waals surface area contributed by atoms with Crippen molar-refractivity contribution in [2.45, 2.75) is 83.5 Å². The highest BCUT2D eigenvalue weighted by Gasteiger charge is 2.81. The number of carbonyl (C=O) groups is 1. The van der Waals surface area contributed by atoms with Gasteiger partial charge in [-0.25, -0.2) is 0 Å². The molecule has 4 aliphatic carbocycles. The van der Waals surface area contributed by atoms with E-state index in [-0.39, 0.29) is 28.5 Å². The van der Waals surface area contributed by atoms with Gasteiger partial charge in [0.25, 0.3) is 0 Å². The largest absolute Gasteiger partial charge is 0.481 e. The summed E-state index contributed by atoms with van der Waals surface area (Å²) in [6, 6.07) is 0. The van der Waals surface area contributed by atoms with E-state index in [1.807, 2.05) is 6.92 Å². The van der Waals surface area contributed by atoms with Gasteiger partial charge in [0.05, 0.1) is 23.2 Å². The molecular formula is C20H30O4. The van der Waals surface area contributed by atoms with Crippen LogP contribution in [0.25, 0.3) is 0 Å². The zero-order valence-corrected chi connectivity index (χ0v) is 15.0. The Bertz CT molecular complexity index is 619. The lowest BCUT2D eigenvalue weighted by molar-refractivity contribution is -0.220. The average Bonchev–Trinajstić information content (AvgIpc) is 3.19. The van der Waals surface area contributed by atoms with Crippen LogP contribution in [0.3, 0.4) is 0 Å². The van der Waals surface area contributed by atoms with E-state index in [2.05, 4.69) is 13.8 Å². The van der Waals surface area contributed by atoms with Gasteiger partial charge in [0.2, 0.25) is 0 Å². The van der Waals surface area contributed by atoms with Gasteiger partial charge in [-0.3, -0.25) is 4.79 Å². The Kier molecular flexibility index (Phi) is 2.73. The monoisotopic (exact) mass is 334 g/mol. The van der Waals surface area contributed by atoms with Crippen LogP contribution in [0.4, 0.5) is 0 Å². The minimum absolute atomic E-state index is 0.0102. The topological polar surface area (TPSA) is 70.1 Å². The predicted molar refractivity (Wildman–Crippen MR) is 88.4 cm³/mol. The molecule has 0 amide bonds. The predicted octanol–water partition coefficient (Wildman–Crippen LogP) is 3.22. The molecule has 0 radical (unpaired) electrons. The maximum absolute atomic E-state index is 12.1. The summed E-state index contributed by atoms with van der Waals surface area (Å²) in [5.74, 6) is 0.393. The molecule has 24 heavy (non-hydrogen) atoms. The highest BCUT2D eigenvalue weighted by molar-refractivity contribution is 5.75. The zero-order chi connectivity index (χ0) is 17.1. The number of rotatable bonds is 1. The summed E-state index contributed by atoms with van der Waals surface area (Å²) in [6.45, 7) is 6.51. The normalized spacial score (nSPS) is 63.9. The number of carboxylic acid groups (broad SMARTS) is 1. The van der Waals surface area contributed by atoms with Crippen LogP contribution < -0.4 is 0 Å². The van der Waals surface area contributed by atoms with E-state index in [0.29, 0.717) is 18.3 Å². The fraction of sp³-hybridized carbons (Fsp3) is 0.950. The summed E-state index contributed by atoms with van der Waals surface area (Å²) in [6.07, 6.45) is 6.68. The quantitative estimate of drug-likeness (QED) is 0.722. The molecule has 1 saturated heterocycles. The second kappa shape index (κ2) is 4.20. The number of hydrogen-bond donors (Lipinski definition) is 2. The first-order chi connectivity index (χ1) is 11.2. The summed E-state index contributed by atoms with van der Waals surface area (Å²) in [5, 5.41) is 21.2. The molecule has 0 unspecified atom stereocenters. The summed E-state index contributed by atoms with van der Waals surface area (Å²) >= 11 is 0. The third-order valence-corrected chi connectivity index (χ3v) is 9.53. The smallest absolute Gasteiger partial charge is 0.309 e. The van der Waals surface area contributed by atoms with Crippen molar-refractivity contribution >= 4 is 5.97 Å². The summed E-state index contributed by atoms with van der Waals surface area (Å²) in [5.41, 5.74) is -0.797. The first kappa shape index (κ1) is 15.6.